The molecule has 83 valence electrons. The number of hydrogen-bond donors (Lipinski definition) is 0. The Hall–Kier alpha value is -0.656. The topological polar surface area (TPSA) is 9.23 Å². The predicted octanol–water partition coefficient (Wildman–Crippen LogP) is 3.69. The summed E-state index contributed by atoms with van der Waals surface area (Å²) < 4.78 is 5.89. The third-order valence-electron chi connectivity index (χ3n) is 2.73. The van der Waals surface area contributed by atoms with E-state index in [1.165, 1.54) is 18.4 Å². The van der Waals surface area contributed by atoms with Crippen LogP contribution in [0.2, 0.25) is 0 Å². The van der Waals surface area contributed by atoms with Gasteiger partial charge in [0.1, 0.15) is 0 Å². The van der Waals surface area contributed by atoms with Crippen molar-refractivity contribution in [3.05, 3.63) is 54.6 Å². The zero-order chi connectivity index (χ0) is 10.8. The number of rotatable bonds is 3. The molecule has 1 nitrogen and oxygen atoms in total. The monoisotopic (exact) mass is 298 g/mol. The Labute approximate surface area is 127 Å². The first kappa shape index (κ1) is 12.8. The molecule has 1 aliphatic carbocycles. The molecule has 0 saturated heterocycles. The molecule has 0 atom stereocenters. The van der Waals surface area contributed by atoms with Gasteiger partial charge in [-0.15, -0.1) is 6.07 Å². The maximum absolute atomic E-state index is 5.89. The third kappa shape index (κ3) is 3.17. The summed E-state index contributed by atoms with van der Waals surface area (Å²) in [4.78, 5) is 0. The summed E-state index contributed by atoms with van der Waals surface area (Å²) in [5.41, 5.74) is 2.32. The molecule has 0 unspecified atom stereocenters. The van der Waals surface area contributed by atoms with E-state index in [-0.39, 0.29) is 32.7 Å². The molecule has 2 heteroatoms. The Balaban J connectivity index is 0.00000108. The molecule has 1 radical (unpaired) electrons. The van der Waals surface area contributed by atoms with Crippen LogP contribution in [0.3, 0.4) is 0 Å². The van der Waals surface area contributed by atoms with Gasteiger partial charge in [-0.05, 0) is 12.8 Å². The smallest absolute Gasteiger partial charge is 0.0958 e. The van der Waals surface area contributed by atoms with Crippen molar-refractivity contribution in [2.45, 2.75) is 18.9 Å². The summed E-state index contributed by atoms with van der Waals surface area (Å²) in [7, 11) is 0. The maximum atomic E-state index is 5.89. The van der Waals surface area contributed by atoms with E-state index in [9.17, 15) is 0 Å². The van der Waals surface area contributed by atoms with Crippen molar-refractivity contribution in [1.82, 2.24) is 0 Å². The second kappa shape index (κ2) is 5.79. The van der Waals surface area contributed by atoms with Crippen molar-refractivity contribution in [2.75, 3.05) is 0 Å². The van der Waals surface area contributed by atoms with Crippen LogP contribution in [0.5, 0.6) is 5.75 Å². The standard InChI is InChI=1S/C15H13O.Y/c1-2-6-12(7-3-1)14-8-4-5-9-15(14)16-13-10-11-13;/h1-3,5-9,13H,10-11H2;/q-1;. The predicted molar refractivity (Wildman–Crippen MR) is 64.4 cm³/mol. The minimum absolute atomic E-state index is 0. The molecule has 17 heavy (non-hydrogen) atoms. The van der Waals surface area contributed by atoms with Gasteiger partial charge in [0.2, 0.25) is 0 Å². The summed E-state index contributed by atoms with van der Waals surface area (Å²) in [5.74, 6) is 0.979. The minimum Gasteiger partial charge on any atom is -0.515 e. The average Bonchev–Trinajstić information content (AvgIpc) is 3.15. The molecule has 0 aromatic heterocycles. The molecule has 1 fully saturated rings. The molecule has 2 aromatic carbocycles. The molecule has 0 bridgehead atoms. The first-order chi connectivity index (χ1) is 7.93. The quantitative estimate of drug-likeness (QED) is 0.785. The summed E-state index contributed by atoms with van der Waals surface area (Å²) in [6, 6.07) is 19.3. The molecule has 1 saturated carbocycles. The number of ether oxygens (including phenoxy) is 1. The molecule has 0 amide bonds. The van der Waals surface area contributed by atoms with Gasteiger partial charge in [0, 0.05) is 38.5 Å². The van der Waals surface area contributed by atoms with Crippen molar-refractivity contribution in [2.24, 2.45) is 0 Å². The first-order valence-electron chi connectivity index (χ1n) is 5.66. The second-order valence-electron chi connectivity index (χ2n) is 4.11. The molecular formula is C15H13OY-. The van der Waals surface area contributed by atoms with Crippen LogP contribution in [0, 0.1) is 6.07 Å². The van der Waals surface area contributed by atoms with E-state index in [4.69, 9.17) is 4.74 Å². The molecular weight excluding hydrogens is 285 g/mol. The van der Waals surface area contributed by atoms with Crippen molar-refractivity contribution >= 4 is 0 Å². The van der Waals surface area contributed by atoms with Crippen LogP contribution >= 0.6 is 0 Å². The first-order valence-corrected chi connectivity index (χ1v) is 5.66. The van der Waals surface area contributed by atoms with Crippen LogP contribution in [-0.4, -0.2) is 6.10 Å². The summed E-state index contributed by atoms with van der Waals surface area (Å²) >= 11 is 0. The van der Waals surface area contributed by atoms with E-state index in [1.807, 2.05) is 36.4 Å². The van der Waals surface area contributed by atoms with Crippen LogP contribution in [0.15, 0.2) is 48.5 Å². The fraction of sp³-hybridized carbons (Fsp3) is 0.200. The van der Waals surface area contributed by atoms with Crippen LogP contribution in [0.1, 0.15) is 12.8 Å². The largest absolute Gasteiger partial charge is 0.515 e. The number of hydrogen-bond acceptors (Lipinski definition) is 1. The second-order valence-corrected chi connectivity index (χ2v) is 4.11. The fourth-order valence-corrected chi connectivity index (χ4v) is 1.73. The Morgan fingerprint density at radius 3 is 2.53 bits per heavy atom. The Bertz CT molecular complexity index is 477. The maximum Gasteiger partial charge on any atom is 0.0958 e. The van der Waals surface area contributed by atoms with Crippen LogP contribution < -0.4 is 4.74 Å². The molecule has 0 heterocycles. The van der Waals surface area contributed by atoms with E-state index in [0.717, 1.165) is 11.3 Å². The van der Waals surface area contributed by atoms with E-state index in [2.05, 4.69) is 18.2 Å². The van der Waals surface area contributed by atoms with Gasteiger partial charge in [-0.3, -0.25) is 0 Å². The van der Waals surface area contributed by atoms with Crippen LogP contribution in [0.25, 0.3) is 11.1 Å². The number of benzene rings is 2. The van der Waals surface area contributed by atoms with Crippen molar-refractivity contribution in [3.8, 4) is 16.9 Å². The molecule has 1 aliphatic rings. The van der Waals surface area contributed by atoms with Gasteiger partial charge in [0.05, 0.1) is 6.10 Å². The van der Waals surface area contributed by atoms with Crippen molar-refractivity contribution in [3.63, 3.8) is 0 Å². The van der Waals surface area contributed by atoms with Crippen molar-refractivity contribution < 1.29 is 37.4 Å². The molecule has 0 N–H and O–H groups in total. The van der Waals surface area contributed by atoms with E-state index in [0.29, 0.717) is 6.10 Å². The van der Waals surface area contributed by atoms with Gasteiger partial charge < -0.3 is 4.74 Å². The third-order valence-corrected chi connectivity index (χ3v) is 2.73. The van der Waals surface area contributed by atoms with E-state index < -0.39 is 0 Å². The molecule has 0 aliphatic heterocycles. The molecule has 2 aromatic rings. The van der Waals surface area contributed by atoms with Gasteiger partial charge in [0.15, 0.2) is 0 Å². The van der Waals surface area contributed by atoms with Crippen LogP contribution in [0.4, 0.5) is 0 Å². The summed E-state index contributed by atoms with van der Waals surface area (Å²) in [6.45, 7) is 0. The summed E-state index contributed by atoms with van der Waals surface area (Å²) in [6.07, 6.45) is 2.81. The molecule has 3 rings (SSSR count). The Kier molecular flexibility index (Phi) is 4.36. The zero-order valence-electron chi connectivity index (χ0n) is 9.60. The van der Waals surface area contributed by atoms with Crippen LogP contribution in [-0.2, 0) is 32.7 Å². The normalized spacial score (nSPS) is 13.9. The Morgan fingerprint density at radius 1 is 1.06 bits per heavy atom. The van der Waals surface area contributed by atoms with E-state index in [1.54, 1.807) is 0 Å². The van der Waals surface area contributed by atoms with Gasteiger partial charge in [-0.25, -0.2) is 0 Å². The van der Waals surface area contributed by atoms with Crippen molar-refractivity contribution in [1.29, 1.82) is 0 Å². The SMILES string of the molecule is [Y].[c-]1ccc(OC2CC2)c(-c2ccccc2)c1. The minimum atomic E-state index is 0. The average molecular weight is 298 g/mol. The molecule has 0 spiro atoms. The zero-order valence-corrected chi connectivity index (χ0v) is 12.4. The van der Waals surface area contributed by atoms with Gasteiger partial charge >= 0.3 is 0 Å². The summed E-state index contributed by atoms with van der Waals surface area (Å²) in [5, 5.41) is 0. The van der Waals surface area contributed by atoms with Gasteiger partial charge in [-0.2, -0.15) is 18.2 Å². The fourth-order valence-electron chi connectivity index (χ4n) is 1.73. The Morgan fingerprint density at radius 2 is 1.82 bits per heavy atom. The van der Waals surface area contributed by atoms with Gasteiger partial charge in [0.25, 0.3) is 0 Å². The van der Waals surface area contributed by atoms with Gasteiger partial charge in [-0.1, -0.05) is 41.5 Å². The van der Waals surface area contributed by atoms with E-state index >= 15 is 0 Å².